The van der Waals surface area contributed by atoms with Crippen molar-refractivity contribution in [3.05, 3.63) is 52.4 Å². The molecule has 164 valence electrons. The van der Waals surface area contributed by atoms with Crippen molar-refractivity contribution in [2.24, 2.45) is 4.99 Å². The molecule has 0 aliphatic carbocycles. The number of hydrogen-bond donors (Lipinski definition) is 2. The molecule has 6 nitrogen and oxygen atoms in total. The number of aliphatic imine (C=N–C) groups is 1. The van der Waals surface area contributed by atoms with Gasteiger partial charge in [0, 0.05) is 44.7 Å². The van der Waals surface area contributed by atoms with Crippen LogP contribution in [0.4, 0.5) is 0 Å². The molecule has 0 saturated carbocycles. The van der Waals surface area contributed by atoms with Crippen LogP contribution in [0.1, 0.15) is 68.2 Å². The number of aromatic nitrogens is 1. The van der Waals surface area contributed by atoms with Crippen LogP contribution in [0.3, 0.4) is 0 Å². The number of nitrogens with zero attached hydrogens (tertiary/aromatic N) is 3. The van der Waals surface area contributed by atoms with E-state index in [1.165, 1.54) is 36.9 Å². The molecule has 2 N–H and O–H groups in total. The van der Waals surface area contributed by atoms with Gasteiger partial charge in [-0.25, -0.2) is 0 Å². The van der Waals surface area contributed by atoms with Crippen molar-refractivity contribution in [1.29, 1.82) is 0 Å². The minimum atomic E-state index is 0.665. The molecule has 1 saturated heterocycles. The van der Waals surface area contributed by atoms with Crippen LogP contribution in [0.5, 0.6) is 0 Å². The molecule has 1 unspecified atom stereocenters. The molecule has 3 rings (SSSR count). The molecule has 1 atom stereocenters. The molecule has 1 fully saturated rings. The zero-order valence-electron chi connectivity index (χ0n) is 19.0. The maximum Gasteiger partial charge on any atom is 0.191 e. The molecule has 0 radical (unpaired) electrons. The van der Waals surface area contributed by atoms with Gasteiger partial charge in [-0.3, -0.25) is 9.89 Å². The highest BCUT2D eigenvalue weighted by Crippen LogP contribution is 2.21. The molecular formula is C24H37N5O. The molecule has 1 aromatic heterocycles. The average Bonchev–Trinajstić information content (AvgIpc) is 3.18. The summed E-state index contributed by atoms with van der Waals surface area (Å²) in [5.41, 5.74) is 4.90. The molecular weight excluding hydrogens is 374 g/mol. The van der Waals surface area contributed by atoms with Gasteiger partial charge in [0.15, 0.2) is 5.96 Å². The number of rotatable bonds is 8. The molecule has 0 bridgehead atoms. The first-order valence-electron chi connectivity index (χ1n) is 11.4. The number of likely N-dealkylation sites (tertiary alicyclic amines) is 1. The number of hydrogen-bond acceptors (Lipinski definition) is 4. The summed E-state index contributed by atoms with van der Waals surface area (Å²) in [4.78, 5) is 7.01. The van der Waals surface area contributed by atoms with Crippen molar-refractivity contribution in [3.63, 3.8) is 0 Å². The molecule has 0 amide bonds. The second kappa shape index (κ2) is 11.2. The van der Waals surface area contributed by atoms with Crippen LogP contribution in [0.15, 0.2) is 33.8 Å². The number of piperidine rings is 1. The molecule has 1 aliphatic heterocycles. The standard InChI is InChI=1S/C24H37N5O/c1-5-22-21(23(6-2)30-28-22)16-27-24(25-4)26-15-19-12-7-8-13-20(19)17-29-14-10-9-11-18(29)3/h7-8,12-13,18H,5-6,9-11,14-17H2,1-4H3,(H2,25,26,27). The van der Waals surface area contributed by atoms with Crippen LogP contribution in [-0.4, -0.2) is 35.7 Å². The Morgan fingerprint density at radius 2 is 1.90 bits per heavy atom. The maximum absolute atomic E-state index is 5.47. The lowest BCUT2D eigenvalue weighted by molar-refractivity contribution is 0.152. The summed E-state index contributed by atoms with van der Waals surface area (Å²) in [7, 11) is 1.81. The van der Waals surface area contributed by atoms with Crippen molar-refractivity contribution in [2.45, 2.75) is 78.6 Å². The molecule has 30 heavy (non-hydrogen) atoms. The van der Waals surface area contributed by atoms with Crippen LogP contribution in [0.2, 0.25) is 0 Å². The fraction of sp³-hybridized carbons (Fsp3) is 0.583. The van der Waals surface area contributed by atoms with E-state index >= 15 is 0 Å². The Balaban J connectivity index is 1.60. The molecule has 2 heterocycles. The summed E-state index contributed by atoms with van der Waals surface area (Å²) >= 11 is 0. The maximum atomic E-state index is 5.47. The predicted octanol–water partition coefficient (Wildman–Crippen LogP) is 4.04. The Labute approximate surface area is 181 Å². The Bertz CT molecular complexity index is 807. The van der Waals surface area contributed by atoms with Crippen molar-refractivity contribution in [3.8, 4) is 0 Å². The van der Waals surface area contributed by atoms with E-state index in [2.05, 4.69) is 70.7 Å². The quantitative estimate of drug-likeness (QED) is 0.507. The molecule has 1 aliphatic rings. The van der Waals surface area contributed by atoms with Crippen molar-refractivity contribution in [2.75, 3.05) is 13.6 Å². The van der Waals surface area contributed by atoms with Gasteiger partial charge in [-0.1, -0.05) is 49.7 Å². The van der Waals surface area contributed by atoms with E-state index in [1.807, 2.05) is 7.05 Å². The van der Waals surface area contributed by atoms with Gasteiger partial charge in [0.25, 0.3) is 0 Å². The number of guanidine groups is 1. The third-order valence-electron chi connectivity index (χ3n) is 6.14. The number of aryl methyl sites for hydroxylation is 2. The smallest absolute Gasteiger partial charge is 0.191 e. The van der Waals surface area contributed by atoms with Crippen molar-refractivity contribution < 1.29 is 4.52 Å². The van der Waals surface area contributed by atoms with Crippen LogP contribution < -0.4 is 10.6 Å². The number of nitrogens with one attached hydrogen (secondary N) is 2. The summed E-state index contributed by atoms with van der Waals surface area (Å²) in [6, 6.07) is 9.40. The molecule has 1 aromatic carbocycles. The first-order valence-corrected chi connectivity index (χ1v) is 11.4. The summed E-state index contributed by atoms with van der Waals surface area (Å²) in [6.07, 6.45) is 5.69. The largest absolute Gasteiger partial charge is 0.361 e. The topological polar surface area (TPSA) is 65.7 Å². The van der Waals surface area contributed by atoms with Gasteiger partial charge in [-0.15, -0.1) is 0 Å². The van der Waals surface area contributed by atoms with Crippen LogP contribution in [0, 0.1) is 0 Å². The monoisotopic (exact) mass is 411 g/mol. The van der Waals surface area contributed by atoms with E-state index in [0.29, 0.717) is 12.6 Å². The molecule has 6 heteroatoms. The Morgan fingerprint density at radius 1 is 1.13 bits per heavy atom. The van der Waals surface area contributed by atoms with Gasteiger partial charge in [0.2, 0.25) is 0 Å². The lowest BCUT2D eigenvalue weighted by Gasteiger charge is -2.33. The molecule has 2 aromatic rings. The third kappa shape index (κ3) is 5.63. The van der Waals surface area contributed by atoms with Gasteiger partial charge in [0.05, 0.1) is 5.69 Å². The fourth-order valence-electron chi connectivity index (χ4n) is 4.20. The average molecular weight is 412 g/mol. The fourth-order valence-corrected chi connectivity index (χ4v) is 4.20. The van der Waals surface area contributed by atoms with Gasteiger partial charge >= 0.3 is 0 Å². The third-order valence-corrected chi connectivity index (χ3v) is 6.14. The minimum Gasteiger partial charge on any atom is -0.361 e. The van der Waals surface area contributed by atoms with Gasteiger partial charge < -0.3 is 15.2 Å². The van der Waals surface area contributed by atoms with E-state index in [-0.39, 0.29) is 0 Å². The normalized spacial score (nSPS) is 17.9. The lowest BCUT2D eigenvalue weighted by Crippen LogP contribution is -2.38. The van der Waals surface area contributed by atoms with Crippen LogP contribution >= 0.6 is 0 Å². The first kappa shape index (κ1) is 22.3. The van der Waals surface area contributed by atoms with Crippen LogP contribution in [0.25, 0.3) is 0 Å². The zero-order valence-corrected chi connectivity index (χ0v) is 19.0. The van der Waals surface area contributed by atoms with Gasteiger partial charge in [-0.05, 0) is 43.9 Å². The van der Waals surface area contributed by atoms with E-state index < -0.39 is 0 Å². The lowest BCUT2D eigenvalue weighted by atomic mass is 10.0. The van der Waals surface area contributed by atoms with E-state index in [4.69, 9.17) is 4.52 Å². The highest BCUT2D eigenvalue weighted by molar-refractivity contribution is 5.79. The summed E-state index contributed by atoms with van der Waals surface area (Å²) in [5, 5.41) is 11.1. The Kier molecular flexibility index (Phi) is 8.31. The summed E-state index contributed by atoms with van der Waals surface area (Å²) < 4.78 is 5.47. The summed E-state index contributed by atoms with van der Waals surface area (Å²) in [6.45, 7) is 10.2. The van der Waals surface area contributed by atoms with E-state index in [1.54, 1.807) is 0 Å². The van der Waals surface area contributed by atoms with Crippen molar-refractivity contribution in [1.82, 2.24) is 20.7 Å². The van der Waals surface area contributed by atoms with E-state index in [0.717, 1.165) is 48.9 Å². The Morgan fingerprint density at radius 3 is 2.60 bits per heavy atom. The summed E-state index contributed by atoms with van der Waals surface area (Å²) in [5.74, 6) is 1.75. The minimum absolute atomic E-state index is 0.665. The van der Waals surface area contributed by atoms with Gasteiger partial charge in [-0.2, -0.15) is 0 Å². The molecule has 0 spiro atoms. The highest BCUT2D eigenvalue weighted by Gasteiger charge is 2.19. The second-order valence-electron chi connectivity index (χ2n) is 8.10. The zero-order chi connectivity index (χ0) is 21.3. The van der Waals surface area contributed by atoms with E-state index in [9.17, 15) is 0 Å². The van der Waals surface area contributed by atoms with Gasteiger partial charge in [0.1, 0.15) is 5.76 Å². The van der Waals surface area contributed by atoms with Crippen molar-refractivity contribution >= 4 is 5.96 Å². The second-order valence-corrected chi connectivity index (χ2v) is 8.10. The Hall–Kier alpha value is -2.34. The highest BCUT2D eigenvalue weighted by atomic mass is 16.5. The van der Waals surface area contributed by atoms with Crippen LogP contribution in [-0.2, 0) is 32.5 Å². The number of benzene rings is 1. The SMILES string of the molecule is CCc1noc(CC)c1CNC(=NC)NCc1ccccc1CN1CCCCC1C. The first-order chi connectivity index (χ1) is 14.7. The predicted molar refractivity (Wildman–Crippen MR) is 122 cm³/mol.